The number of rotatable bonds is 7. The van der Waals surface area contributed by atoms with E-state index in [9.17, 15) is 4.79 Å². The van der Waals surface area contributed by atoms with E-state index in [4.69, 9.17) is 9.72 Å². The maximum atomic E-state index is 11.9. The maximum absolute atomic E-state index is 11.9. The predicted molar refractivity (Wildman–Crippen MR) is 96.5 cm³/mol. The van der Waals surface area contributed by atoms with Gasteiger partial charge in [-0.1, -0.05) is 6.07 Å². The van der Waals surface area contributed by atoms with Crippen LogP contribution in [0.5, 0.6) is 0 Å². The molecule has 0 aliphatic carbocycles. The highest BCUT2D eigenvalue weighted by Gasteiger charge is 2.19. The van der Waals surface area contributed by atoms with Crippen LogP contribution in [0.2, 0.25) is 0 Å². The highest BCUT2D eigenvalue weighted by molar-refractivity contribution is 5.78. The Morgan fingerprint density at radius 1 is 1.24 bits per heavy atom. The first kappa shape index (κ1) is 17.8. The molecule has 7 heteroatoms. The van der Waals surface area contributed by atoms with Crippen molar-refractivity contribution in [2.75, 3.05) is 53.0 Å². The summed E-state index contributed by atoms with van der Waals surface area (Å²) in [4.78, 5) is 21.2. The van der Waals surface area contributed by atoms with E-state index in [-0.39, 0.29) is 5.91 Å². The zero-order chi connectivity index (χ0) is 17.6. The van der Waals surface area contributed by atoms with Gasteiger partial charge in [0.1, 0.15) is 5.65 Å². The number of imidazole rings is 1. The molecule has 0 bridgehead atoms. The van der Waals surface area contributed by atoms with E-state index in [1.54, 1.807) is 7.11 Å². The van der Waals surface area contributed by atoms with Crippen molar-refractivity contribution in [3.63, 3.8) is 0 Å². The molecule has 0 unspecified atom stereocenters. The normalized spacial score (nSPS) is 16.4. The Bertz CT molecular complexity index is 707. The number of pyridine rings is 1. The fraction of sp³-hybridized carbons (Fsp3) is 0.556. The number of ether oxygens (including phenoxy) is 1. The van der Waals surface area contributed by atoms with Gasteiger partial charge in [-0.2, -0.15) is 0 Å². The Hall–Kier alpha value is -1.96. The number of amides is 1. The third-order valence-corrected chi connectivity index (χ3v) is 4.59. The smallest absolute Gasteiger partial charge is 0.234 e. The maximum Gasteiger partial charge on any atom is 0.234 e. The minimum Gasteiger partial charge on any atom is -0.383 e. The fourth-order valence-corrected chi connectivity index (χ4v) is 3.16. The van der Waals surface area contributed by atoms with Crippen molar-refractivity contribution in [2.45, 2.75) is 13.5 Å². The fourth-order valence-electron chi connectivity index (χ4n) is 3.16. The predicted octanol–water partition coefficient (Wildman–Crippen LogP) is 0.523. The lowest BCUT2D eigenvalue weighted by molar-refractivity contribution is -0.122. The summed E-state index contributed by atoms with van der Waals surface area (Å²) in [5.41, 5.74) is 3.29. The first-order valence-electron chi connectivity index (χ1n) is 8.79. The Morgan fingerprint density at radius 2 is 2.00 bits per heavy atom. The number of hydrogen-bond acceptors (Lipinski definition) is 5. The number of fused-ring (bicyclic) bond motifs is 1. The Kier molecular flexibility index (Phi) is 6.01. The monoisotopic (exact) mass is 345 g/mol. The van der Waals surface area contributed by atoms with Crippen LogP contribution in [0, 0.1) is 6.92 Å². The van der Waals surface area contributed by atoms with Gasteiger partial charge in [0.15, 0.2) is 0 Å². The van der Waals surface area contributed by atoms with Crippen molar-refractivity contribution in [2.24, 2.45) is 0 Å². The molecule has 2 aromatic rings. The number of aryl methyl sites for hydroxylation is 1. The minimum atomic E-state index is 0.0707. The van der Waals surface area contributed by atoms with Crippen molar-refractivity contribution in [1.29, 1.82) is 0 Å². The van der Waals surface area contributed by atoms with Crippen LogP contribution in [0.15, 0.2) is 24.4 Å². The lowest BCUT2D eigenvalue weighted by Crippen LogP contribution is -2.49. The SMILES string of the molecule is COCCNC(=O)CN1CCN(Cc2cn3c(C)cccc3n2)CC1. The van der Waals surface area contributed by atoms with Crippen molar-refractivity contribution < 1.29 is 9.53 Å². The van der Waals surface area contributed by atoms with Gasteiger partial charge in [0.05, 0.1) is 18.8 Å². The molecule has 3 rings (SSSR count). The molecule has 0 atom stereocenters. The summed E-state index contributed by atoms with van der Waals surface area (Å²) in [6.45, 7) is 8.26. The van der Waals surface area contributed by atoms with Gasteiger partial charge in [-0.05, 0) is 19.1 Å². The summed E-state index contributed by atoms with van der Waals surface area (Å²) in [6.07, 6.45) is 2.13. The van der Waals surface area contributed by atoms with E-state index in [2.05, 4.69) is 38.7 Å². The molecule has 2 aromatic heterocycles. The average molecular weight is 345 g/mol. The summed E-state index contributed by atoms with van der Waals surface area (Å²) in [6, 6.07) is 6.17. The van der Waals surface area contributed by atoms with Crippen LogP contribution in [-0.4, -0.2) is 78.1 Å². The quantitative estimate of drug-likeness (QED) is 0.742. The Labute approximate surface area is 148 Å². The van der Waals surface area contributed by atoms with E-state index in [1.807, 2.05) is 12.1 Å². The van der Waals surface area contributed by atoms with Crippen molar-refractivity contribution in [3.05, 3.63) is 35.8 Å². The minimum absolute atomic E-state index is 0.0707. The molecule has 1 aliphatic heterocycles. The number of aromatic nitrogens is 2. The molecule has 1 amide bonds. The number of nitrogens with one attached hydrogen (secondary N) is 1. The molecule has 25 heavy (non-hydrogen) atoms. The molecule has 0 radical (unpaired) electrons. The van der Waals surface area contributed by atoms with E-state index in [1.165, 1.54) is 5.69 Å². The third kappa shape index (κ3) is 4.78. The van der Waals surface area contributed by atoms with Crippen LogP contribution in [0.25, 0.3) is 5.65 Å². The van der Waals surface area contributed by atoms with Crippen LogP contribution >= 0.6 is 0 Å². The van der Waals surface area contributed by atoms with Crippen molar-refractivity contribution in [1.82, 2.24) is 24.5 Å². The van der Waals surface area contributed by atoms with Gasteiger partial charge in [0.25, 0.3) is 0 Å². The second kappa shape index (κ2) is 8.42. The summed E-state index contributed by atoms with van der Waals surface area (Å²) >= 11 is 0. The topological polar surface area (TPSA) is 62.1 Å². The standard InChI is InChI=1S/C18H27N5O2/c1-15-4-3-5-17-20-16(13-23(15)17)12-21-7-9-22(10-8-21)14-18(24)19-6-11-25-2/h3-5,13H,6-12,14H2,1-2H3,(H,19,24). The molecule has 0 saturated carbocycles. The van der Waals surface area contributed by atoms with E-state index < -0.39 is 0 Å². The first-order chi connectivity index (χ1) is 12.2. The highest BCUT2D eigenvalue weighted by atomic mass is 16.5. The van der Waals surface area contributed by atoms with Crippen LogP contribution in [0.1, 0.15) is 11.4 Å². The number of nitrogens with zero attached hydrogens (tertiary/aromatic N) is 4. The van der Waals surface area contributed by atoms with Gasteiger partial charge in [-0.3, -0.25) is 14.6 Å². The molecule has 136 valence electrons. The van der Waals surface area contributed by atoms with Crippen LogP contribution < -0.4 is 5.32 Å². The van der Waals surface area contributed by atoms with Crippen molar-refractivity contribution >= 4 is 11.6 Å². The third-order valence-electron chi connectivity index (χ3n) is 4.59. The summed E-state index contributed by atoms with van der Waals surface area (Å²) in [7, 11) is 1.63. The second-order valence-electron chi connectivity index (χ2n) is 6.52. The molecule has 0 spiro atoms. The van der Waals surface area contributed by atoms with Gasteiger partial charge >= 0.3 is 0 Å². The molecule has 1 aliphatic rings. The molecule has 1 N–H and O–H groups in total. The van der Waals surface area contributed by atoms with Crippen LogP contribution in [0.3, 0.4) is 0 Å². The van der Waals surface area contributed by atoms with Crippen LogP contribution in [0.4, 0.5) is 0 Å². The molecule has 1 fully saturated rings. The number of carbonyl (C=O) groups excluding carboxylic acids is 1. The molecule has 1 saturated heterocycles. The van der Waals surface area contributed by atoms with Gasteiger partial charge in [0, 0.05) is 58.3 Å². The average Bonchev–Trinajstić information content (AvgIpc) is 3.01. The number of carbonyl (C=O) groups is 1. The summed E-state index contributed by atoms with van der Waals surface area (Å²) in [5, 5.41) is 2.87. The summed E-state index contributed by atoms with van der Waals surface area (Å²) in [5.74, 6) is 0.0707. The molecular formula is C18H27N5O2. The van der Waals surface area contributed by atoms with Gasteiger partial charge in [0.2, 0.25) is 5.91 Å². The molecule has 0 aromatic carbocycles. The summed E-state index contributed by atoms with van der Waals surface area (Å²) < 4.78 is 7.07. The Balaban J connectivity index is 1.45. The number of piperazine rings is 1. The van der Waals surface area contributed by atoms with E-state index in [0.717, 1.165) is 44.1 Å². The second-order valence-corrected chi connectivity index (χ2v) is 6.52. The Morgan fingerprint density at radius 3 is 2.72 bits per heavy atom. The number of methoxy groups -OCH3 is 1. The largest absolute Gasteiger partial charge is 0.383 e. The molecule has 7 nitrogen and oxygen atoms in total. The van der Waals surface area contributed by atoms with Gasteiger partial charge < -0.3 is 14.5 Å². The molecule has 3 heterocycles. The van der Waals surface area contributed by atoms with Crippen LogP contribution in [-0.2, 0) is 16.1 Å². The lowest BCUT2D eigenvalue weighted by Gasteiger charge is -2.33. The zero-order valence-corrected chi connectivity index (χ0v) is 15.1. The van der Waals surface area contributed by atoms with E-state index in [0.29, 0.717) is 19.7 Å². The molecular weight excluding hydrogens is 318 g/mol. The van der Waals surface area contributed by atoms with Gasteiger partial charge in [-0.15, -0.1) is 0 Å². The highest BCUT2D eigenvalue weighted by Crippen LogP contribution is 2.12. The van der Waals surface area contributed by atoms with Gasteiger partial charge in [-0.25, -0.2) is 4.98 Å². The lowest BCUT2D eigenvalue weighted by atomic mass is 10.3. The van der Waals surface area contributed by atoms with Crippen molar-refractivity contribution in [3.8, 4) is 0 Å². The first-order valence-corrected chi connectivity index (χ1v) is 8.79. The zero-order valence-electron chi connectivity index (χ0n) is 15.1. The van der Waals surface area contributed by atoms with E-state index >= 15 is 0 Å². The number of hydrogen-bond donors (Lipinski definition) is 1.